The number of nitrogens with zero attached hydrogens (tertiary/aromatic N) is 2. The summed E-state index contributed by atoms with van der Waals surface area (Å²) in [5.74, 6) is 0.784. The third-order valence-electron chi connectivity index (χ3n) is 3.15. The van der Waals surface area contributed by atoms with Gasteiger partial charge in [0.2, 0.25) is 0 Å². The van der Waals surface area contributed by atoms with Crippen molar-refractivity contribution in [2.24, 2.45) is 0 Å². The number of para-hydroxylation sites is 1. The zero-order chi connectivity index (χ0) is 11.9. The van der Waals surface area contributed by atoms with Gasteiger partial charge in [-0.1, -0.05) is 18.2 Å². The maximum absolute atomic E-state index is 4.42. The molecule has 0 radical (unpaired) electrons. The Hall–Kier alpha value is -2.62. The molecule has 1 aromatic carbocycles. The predicted octanol–water partition coefficient (Wildman–Crippen LogP) is 3.11. The summed E-state index contributed by atoms with van der Waals surface area (Å²) >= 11 is 0. The Morgan fingerprint density at radius 1 is 0.889 bits per heavy atom. The molecular formula is C14H10N4. The third-order valence-corrected chi connectivity index (χ3v) is 3.15. The average molecular weight is 234 g/mol. The average Bonchev–Trinajstić information content (AvgIpc) is 3.05. The van der Waals surface area contributed by atoms with E-state index in [1.54, 1.807) is 12.4 Å². The summed E-state index contributed by atoms with van der Waals surface area (Å²) in [7, 11) is 0. The van der Waals surface area contributed by atoms with Crippen molar-refractivity contribution in [1.29, 1.82) is 0 Å². The molecule has 0 saturated heterocycles. The summed E-state index contributed by atoms with van der Waals surface area (Å²) in [5.41, 5.74) is 3.00. The largest absolute Gasteiger partial charge is 0.353 e. The number of rotatable bonds is 1. The number of aromatic amines is 2. The Balaban J connectivity index is 2.17. The number of nitrogens with one attached hydrogen (secondary N) is 2. The maximum Gasteiger partial charge on any atom is 0.158 e. The Bertz CT molecular complexity index is 827. The van der Waals surface area contributed by atoms with Gasteiger partial charge in [0.05, 0.1) is 5.52 Å². The summed E-state index contributed by atoms with van der Waals surface area (Å²) < 4.78 is 0. The number of hydrogen-bond acceptors (Lipinski definition) is 2. The van der Waals surface area contributed by atoms with Crippen molar-refractivity contribution in [3.8, 4) is 11.5 Å². The van der Waals surface area contributed by atoms with E-state index in [4.69, 9.17) is 0 Å². The molecule has 4 aromatic rings. The van der Waals surface area contributed by atoms with Gasteiger partial charge in [-0.15, -0.1) is 0 Å². The molecule has 4 heteroatoms. The molecule has 0 aliphatic heterocycles. The van der Waals surface area contributed by atoms with Gasteiger partial charge in [0, 0.05) is 34.9 Å². The van der Waals surface area contributed by atoms with Crippen LogP contribution in [-0.4, -0.2) is 19.9 Å². The van der Waals surface area contributed by atoms with E-state index in [1.807, 2.05) is 24.4 Å². The number of H-pyrrole nitrogens is 2. The van der Waals surface area contributed by atoms with Crippen molar-refractivity contribution >= 4 is 21.8 Å². The van der Waals surface area contributed by atoms with E-state index in [9.17, 15) is 0 Å². The Morgan fingerprint density at radius 3 is 2.72 bits per heavy atom. The molecule has 0 atom stereocenters. The fourth-order valence-electron chi connectivity index (χ4n) is 2.35. The van der Waals surface area contributed by atoms with Gasteiger partial charge >= 0.3 is 0 Å². The minimum absolute atomic E-state index is 0.784. The number of pyridine rings is 1. The molecule has 4 nitrogen and oxygen atoms in total. The van der Waals surface area contributed by atoms with E-state index in [1.165, 1.54) is 10.8 Å². The third kappa shape index (κ3) is 1.20. The van der Waals surface area contributed by atoms with Crippen molar-refractivity contribution < 1.29 is 0 Å². The molecule has 0 unspecified atom stereocenters. The lowest BCUT2D eigenvalue weighted by Gasteiger charge is -1.97. The second-order valence-corrected chi connectivity index (χ2v) is 4.19. The number of imidazole rings is 1. The van der Waals surface area contributed by atoms with Crippen molar-refractivity contribution in [3.63, 3.8) is 0 Å². The van der Waals surface area contributed by atoms with Crippen molar-refractivity contribution in [1.82, 2.24) is 19.9 Å². The number of benzene rings is 1. The van der Waals surface area contributed by atoms with Crippen LogP contribution in [0.25, 0.3) is 33.3 Å². The topological polar surface area (TPSA) is 57.4 Å². The Morgan fingerprint density at radius 2 is 1.83 bits per heavy atom. The van der Waals surface area contributed by atoms with Crippen LogP contribution in [0.5, 0.6) is 0 Å². The highest BCUT2D eigenvalue weighted by Crippen LogP contribution is 2.29. The van der Waals surface area contributed by atoms with Crippen LogP contribution in [0.3, 0.4) is 0 Å². The lowest BCUT2D eigenvalue weighted by atomic mass is 10.1. The molecule has 18 heavy (non-hydrogen) atoms. The summed E-state index contributed by atoms with van der Waals surface area (Å²) in [6.07, 6.45) is 5.36. The van der Waals surface area contributed by atoms with E-state index in [0.29, 0.717) is 0 Å². The molecule has 86 valence electrons. The first-order valence-electron chi connectivity index (χ1n) is 5.78. The molecule has 0 aliphatic rings. The molecule has 4 rings (SSSR count). The van der Waals surface area contributed by atoms with Gasteiger partial charge in [-0.3, -0.25) is 4.98 Å². The number of fused-ring (bicyclic) bond motifs is 3. The van der Waals surface area contributed by atoms with Crippen LogP contribution in [0, 0.1) is 0 Å². The van der Waals surface area contributed by atoms with Crippen LogP contribution in [-0.2, 0) is 0 Å². The predicted molar refractivity (Wildman–Crippen MR) is 71.2 cm³/mol. The van der Waals surface area contributed by atoms with Gasteiger partial charge in [0.25, 0.3) is 0 Å². The first-order valence-corrected chi connectivity index (χ1v) is 5.78. The second-order valence-electron chi connectivity index (χ2n) is 4.19. The lowest BCUT2D eigenvalue weighted by molar-refractivity contribution is 1.23. The van der Waals surface area contributed by atoms with Crippen LogP contribution < -0.4 is 0 Å². The molecule has 2 N–H and O–H groups in total. The minimum Gasteiger partial charge on any atom is -0.353 e. The fourth-order valence-corrected chi connectivity index (χ4v) is 2.35. The van der Waals surface area contributed by atoms with Gasteiger partial charge in [0.15, 0.2) is 5.82 Å². The zero-order valence-electron chi connectivity index (χ0n) is 9.51. The molecule has 3 heterocycles. The van der Waals surface area contributed by atoms with Gasteiger partial charge in [-0.25, -0.2) is 4.98 Å². The quantitative estimate of drug-likeness (QED) is 0.531. The monoisotopic (exact) mass is 234 g/mol. The number of hydrogen-bond donors (Lipinski definition) is 2. The molecule has 3 aromatic heterocycles. The Kier molecular flexibility index (Phi) is 1.80. The van der Waals surface area contributed by atoms with Crippen LogP contribution >= 0.6 is 0 Å². The second kappa shape index (κ2) is 3.43. The van der Waals surface area contributed by atoms with Crippen LogP contribution in [0.4, 0.5) is 0 Å². The molecular weight excluding hydrogens is 224 g/mol. The van der Waals surface area contributed by atoms with Crippen LogP contribution in [0.2, 0.25) is 0 Å². The van der Waals surface area contributed by atoms with Crippen LogP contribution in [0.15, 0.2) is 48.9 Å². The lowest BCUT2D eigenvalue weighted by Crippen LogP contribution is -1.86. The van der Waals surface area contributed by atoms with Gasteiger partial charge in [0.1, 0.15) is 5.69 Å². The zero-order valence-corrected chi connectivity index (χ0v) is 9.51. The maximum atomic E-state index is 4.42. The van der Waals surface area contributed by atoms with E-state index in [-0.39, 0.29) is 0 Å². The molecule has 0 bridgehead atoms. The van der Waals surface area contributed by atoms with E-state index in [2.05, 4.69) is 32.1 Å². The van der Waals surface area contributed by atoms with E-state index < -0.39 is 0 Å². The van der Waals surface area contributed by atoms with Crippen molar-refractivity contribution in [3.05, 3.63) is 48.9 Å². The SMILES string of the molecule is c1ccc2c(c1)[nH]c1c(-c3ncc[nH]3)nccc12. The molecule has 0 amide bonds. The van der Waals surface area contributed by atoms with Crippen LogP contribution in [0.1, 0.15) is 0 Å². The first kappa shape index (κ1) is 9.41. The summed E-state index contributed by atoms with van der Waals surface area (Å²) in [6, 6.07) is 10.3. The number of aromatic nitrogens is 4. The summed E-state index contributed by atoms with van der Waals surface area (Å²) in [6.45, 7) is 0. The standard InChI is InChI=1S/C14H10N4/c1-2-4-11-9(3-1)10-5-6-15-13(12(10)18-11)14-16-7-8-17-14/h1-8,18H,(H,16,17). The minimum atomic E-state index is 0.784. The highest BCUT2D eigenvalue weighted by Gasteiger charge is 2.11. The molecule has 0 saturated carbocycles. The smallest absolute Gasteiger partial charge is 0.158 e. The van der Waals surface area contributed by atoms with Gasteiger partial charge in [-0.2, -0.15) is 0 Å². The highest BCUT2D eigenvalue weighted by atomic mass is 14.9. The highest BCUT2D eigenvalue weighted by molar-refractivity contribution is 6.10. The molecule has 0 aliphatic carbocycles. The van der Waals surface area contributed by atoms with Gasteiger partial charge in [-0.05, 0) is 12.1 Å². The van der Waals surface area contributed by atoms with Crippen molar-refractivity contribution in [2.75, 3.05) is 0 Å². The Labute approximate surface area is 103 Å². The van der Waals surface area contributed by atoms with E-state index >= 15 is 0 Å². The summed E-state index contributed by atoms with van der Waals surface area (Å²) in [4.78, 5) is 15.2. The fraction of sp³-hybridized carbons (Fsp3) is 0. The normalized spacial score (nSPS) is 11.3. The van der Waals surface area contributed by atoms with E-state index in [0.717, 1.165) is 22.6 Å². The first-order chi connectivity index (χ1) is 8.93. The molecule has 0 spiro atoms. The van der Waals surface area contributed by atoms with Gasteiger partial charge < -0.3 is 9.97 Å². The van der Waals surface area contributed by atoms with Crippen molar-refractivity contribution in [2.45, 2.75) is 0 Å². The summed E-state index contributed by atoms with van der Waals surface area (Å²) in [5, 5.41) is 2.38. The molecule has 0 fully saturated rings.